The number of pyridine rings is 1. The van der Waals surface area contributed by atoms with Crippen LogP contribution in [0.15, 0.2) is 37.2 Å². The van der Waals surface area contributed by atoms with Gasteiger partial charge in [-0.15, -0.1) is 6.58 Å². The van der Waals surface area contributed by atoms with Crippen molar-refractivity contribution in [2.75, 3.05) is 0 Å². The van der Waals surface area contributed by atoms with E-state index in [1.807, 2.05) is 24.5 Å². The van der Waals surface area contributed by atoms with Crippen LogP contribution in [0, 0.1) is 12.8 Å². The molecule has 1 heterocycles. The van der Waals surface area contributed by atoms with Crippen molar-refractivity contribution in [1.29, 1.82) is 0 Å². The van der Waals surface area contributed by atoms with Gasteiger partial charge in [-0.2, -0.15) is 0 Å². The Morgan fingerprint density at radius 2 is 2.31 bits per heavy atom. The summed E-state index contributed by atoms with van der Waals surface area (Å²) in [4.78, 5) is 4.07. The van der Waals surface area contributed by atoms with Crippen LogP contribution < -0.4 is 0 Å². The van der Waals surface area contributed by atoms with E-state index in [2.05, 4.69) is 37.6 Å². The second kappa shape index (κ2) is 4.61. The first-order valence-electron chi connectivity index (χ1n) is 4.45. The molecule has 0 spiro atoms. The Morgan fingerprint density at radius 1 is 1.54 bits per heavy atom. The molecule has 1 atom stereocenters. The summed E-state index contributed by atoms with van der Waals surface area (Å²) in [5.74, 6) is 0.416. The van der Waals surface area contributed by atoms with E-state index >= 15 is 0 Å². The van der Waals surface area contributed by atoms with Crippen LogP contribution in [0.1, 0.15) is 18.1 Å². The van der Waals surface area contributed by atoms with Crippen molar-refractivity contribution >= 4 is 6.08 Å². The number of aromatic nitrogens is 1. The third-order valence-electron chi connectivity index (χ3n) is 2.03. The van der Waals surface area contributed by atoms with Gasteiger partial charge >= 0.3 is 0 Å². The molecule has 1 aromatic rings. The highest BCUT2D eigenvalue weighted by Crippen LogP contribution is 2.09. The average Bonchev–Trinajstić information content (AvgIpc) is 2.16. The lowest BCUT2D eigenvalue weighted by atomic mass is 10.1. The van der Waals surface area contributed by atoms with Gasteiger partial charge in [-0.1, -0.05) is 25.2 Å². The second-order valence-electron chi connectivity index (χ2n) is 3.19. The Bertz CT molecular complexity index is 313. The number of allylic oxidation sites excluding steroid dienone is 2. The molecule has 0 bridgehead atoms. The molecule has 0 aliphatic heterocycles. The first-order chi connectivity index (χ1) is 6.24. The summed E-state index contributed by atoms with van der Waals surface area (Å²) < 4.78 is 0. The summed E-state index contributed by atoms with van der Waals surface area (Å²) in [6.45, 7) is 7.92. The monoisotopic (exact) mass is 173 g/mol. The minimum Gasteiger partial charge on any atom is -0.264 e. The summed E-state index contributed by atoms with van der Waals surface area (Å²) in [6, 6.07) is 2.01. The summed E-state index contributed by atoms with van der Waals surface area (Å²) in [5, 5.41) is 0. The minimum absolute atomic E-state index is 0.416. The van der Waals surface area contributed by atoms with E-state index in [1.54, 1.807) is 0 Å². The van der Waals surface area contributed by atoms with Crippen molar-refractivity contribution in [3.63, 3.8) is 0 Å². The molecule has 0 N–H and O–H groups in total. The van der Waals surface area contributed by atoms with Crippen LogP contribution in [0.25, 0.3) is 6.08 Å². The van der Waals surface area contributed by atoms with Crippen LogP contribution in [0.3, 0.4) is 0 Å². The number of hydrogen-bond donors (Lipinski definition) is 0. The molecule has 1 rings (SSSR count). The molecule has 13 heavy (non-hydrogen) atoms. The summed E-state index contributed by atoms with van der Waals surface area (Å²) in [7, 11) is 0. The minimum atomic E-state index is 0.416. The molecular weight excluding hydrogens is 158 g/mol. The van der Waals surface area contributed by atoms with E-state index in [4.69, 9.17) is 0 Å². The molecule has 0 radical (unpaired) electrons. The number of rotatable bonds is 3. The zero-order chi connectivity index (χ0) is 9.68. The second-order valence-corrected chi connectivity index (χ2v) is 3.19. The number of aryl methyl sites for hydroxylation is 1. The van der Waals surface area contributed by atoms with Crippen LogP contribution >= 0.6 is 0 Å². The molecule has 0 aromatic carbocycles. The SMILES string of the molecule is C=CC(C)/C=C\c1cnccc1C. The van der Waals surface area contributed by atoms with E-state index in [9.17, 15) is 0 Å². The highest BCUT2D eigenvalue weighted by atomic mass is 14.6. The van der Waals surface area contributed by atoms with Gasteiger partial charge in [-0.05, 0) is 30.0 Å². The quantitative estimate of drug-likeness (QED) is 0.639. The zero-order valence-electron chi connectivity index (χ0n) is 8.20. The van der Waals surface area contributed by atoms with Gasteiger partial charge in [-0.3, -0.25) is 4.98 Å². The Kier molecular flexibility index (Phi) is 3.44. The lowest BCUT2D eigenvalue weighted by molar-refractivity contribution is 0.949. The molecule has 0 fully saturated rings. The van der Waals surface area contributed by atoms with Crippen LogP contribution in [-0.2, 0) is 0 Å². The summed E-state index contributed by atoms with van der Waals surface area (Å²) in [5.41, 5.74) is 2.43. The standard InChI is InChI=1S/C12H15N/c1-4-10(2)5-6-12-9-13-8-7-11(12)3/h4-10H,1H2,2-3H3/b6-5-. The van der Waals surface area contributed by atoms with Crippen molar-refractivity contribution in [2.24, 2.45) is 5.92 Å². The smallest absolute Gasteiger partial charge is 0.0342 e. The summed E-state index contributed by atoms with van der Waals surface area (Å²) in [6.07, 6.45) is 9.82. The van der Waals surface area contributed by atoms with Crippen molar-refractivity contribution in [1.82, 2.24) is 4.98 Å². The predicted octanol–water partition coefficient (Wildman–Crippen LogP) is 3.23. The third-order valence-corrected chi connectivity index (χ3v) is 2.03. The molecule has 0 aliphatic rings. The van der Waals surface area contributed by atoms with Gasteiger partial charge in [0.05, 0.1) is 0 Å². The molecular formula is C12H15N. The predicted molar refractivity (Wildman–Crippen MR) is 57.4 cm³/mol. The molecule has 0 saturated carbocycles. The fraction of sp³-hybridized carbons (Fsp3) is 0.250. The van der Waals surface area contributed by atoms with Gasteiger partial charge in [0.25, 0.3) is 0 Å². The highest BCUT2D eigenvalue weighted by molar-refractivity contribution is 5.52. The van der Waals surface area contributed by atoms with E-state index in [0.717, 1.165) is 0 Å². The van der Waals surface area contributed by atoms with Gasteiger partial charge in [0.1, 0.15) is 0 Å². The average molecular weight is 173 g/mol. The van der Waals surface area contributed by atoms with Crippen LogP contribution in [-0.4, -0.2) is 4.98 Å². The van der Waals surface area contributed by atoms with Gasteiger partial charge in [0.15, 0.2) is 0 Å². The maximum absolute atomic E-state index is 4.07. The van der Waals surface area contributed by atoms with E-state index < -0.39 is 0 Å². The zero-order valence-corrected chi connectivity index (χ0v) is 8.20. The highest BCUT2D eigenvalue weighted by Gasteiger charge is 1.92. The van der Waals surface area contributed by atoms with Crippen LogP contribution in [0.5, 0.6) is 0 Å². The van der Waals surface area contributed by atoms with Crippen LogP contribution in [0.2, 0.25) is 0 Å². The molecule has 1 aromatic heterocycles. The van der Waals surface area contributed by atoms with Gasteiger partial charge in [0, 0.05) is 12.4 Å². The molecule has 0 aliphatic carbocycles. The Hall–Kier alpha value is -1.37. The van der Waals surface area contributed by atoms with E-state index in [-0.39, 0.29) is 0 Å². The topological polar surface area (TPSA) is 12.9 Å². The lowest BCUT2D eigenvalue weighted by Gasteiger charge is -1.99. The molecule has 1 heteroatoms. The van der Waals surface area contributed by atoms with Crippen molar-refractivity contribution in [3.8, 4) is 0 Å². The molecule has 1 nitrogen and oxygen atoms in total. The Labute approximate surface area is 79.8 Å². The molecule has 0 amide bonds. The Balaban J connectivity index is 2.79. The number of nitrogens with zero attached hydrogens (tertiary/aromatic N) is 1. The normalized spacial score (nSPS) is 13.1. The molecule has 0 saturated heterocycles. The van der Waals surface area contributed by atoms with Crippen LogP contribution in [0.4, 0.5) is 0 Å². The first kappa shape index (κ1) is 9.72. The fourth-order valence-electron chi connectivity index (χ4n) is 0.985. The van der Waals surface area contributed by atoms with Crippen molar-refractivity contribution < 1.29 is 0 Å². The molecule has 68 valence electrons. The van der Waals surface area contributed by atoms with Gasteiger partial charge < -0.3 is 0 Å². The maximum Gasteiger partial charge on any atom is 0.0342 e. The van der Waals surface area contributed by atoms with Crippen molar-refractivity contribution in [2.45, 2.75) is 13.8 Å². The largest absolute Gasteiger partial charge is 0.264 e. The van der Waals surface area contributed by atoms with Gasteiger partial charge in [-0.25, -0.2) is 0 Å². The maximum atomic E-state index is 4.07. The lowest BCUT2D eigenvalue weighted by Crippen LogP contribution is -1.84. The number of hydrogen-bond acceptors (Lipinski definition) is 1. The fourth-order valence-corrected chi connectivity index (χ4v) is 0.985. The third kappa shape index (κ3) is 2.86. The first-order valence-corrected chi connectivity index (χ1v) is 4.45. The van der Waals surface area contributed by atoms with E-state index in [1.165, 1.54) is 11.1 Å². The summed E-state index contributed by atoms with van der Waals surface area (Å²) >= 11 is 0. The van der Waals surface area contributed by atoms with Gasteiger partial charge in [0.2, 0.25) is 0 Å². The Morgan fingerprint density at radius 3 is 2.92 bits per heavy atom. The van der Waals surface area contributed by atoms with Crippen molar-refractivity contribution in [3.05, 3.63) is 48.3 Å². The van der Waals surface area contributed by atoms with E-state index in [0.29, 0.717) is 5.92 Å². The molecule has 1 unspecified atom stereocenters.